The molecule has 0 radical (unpaired) electrons. The molecule has 0 bridgehead atoms. The number of azo groups is 1. The van der Waals surface area contributed by atoms with Gasteiger partial charge in [0.05, 0.1) is 16.7 Å². The number of pyridine rings is 1. The molecular formula is C31H26BrN7O2. The molecule has 1 aliphatic heterocycles. The number of carbonyl (C=O) groups excluding carboxylic acids is 2. The number of nitrogens with zero attached hydrogens (tertiary/aromatic N) is 5. The number of para-hydroxylation sites is 2. The molecule has 1 aromatic heterocycles. The third-order valence-electron chi connectivity index (χ3n) is 6.63. The van der Waals surface area contributed by atoms with Crippen molar-refractivity contribution < 1.29 is 9.59 Å². The molecule has 5 rings (SSSR count). The van der Waals surface area contributed by atoms with E-state index in [1.54, 1.807) is 19.1 Å². The largest absolute Gasteiger partial charge is 0.339 e. The average Bonchev–Trinajstić information content (AvgIpc) is 3.20. The Hall–Kier alpha value is -4.88. The van der Waals surface area contributed by atoms with Crippen LogP contribution in [0.4, 0.5) is 34.4 Å². The van der Waals surface area contributed by atoms with E-state index in [4.69, 9.17) is 4.98 Å². The number of amides is 2. The Balaban J connectivity index is 1.56. The summed E-state index contributed by atoms with van der Waals surface area (Å²) in [5, 5.41) is 25.5. The van der Waals surface area contributed by atoms with Crippen LogP contribution in [-0.4, -0.2) is 28.2 Å². The van der Waals surface area contributed by atoms with Gasteiger partial charge in [-0.15, -0.1) is 10.2 Å². The van der Waals surface area contributed by atoms with Gasteiger partial charge >= 0.3 is 0 Å². The number of nitriles is 1. The first-order chi connectivity index (χ1) is 19.9. The van der Waals surface area contributed by atoms with E-state index in [-0.39, 0.29) is 11.8 Å². The second-order valence-corrected chi connectivity index (χ2v) is 10.3. The Labute approximate surface area is 246 Å². The van der Waals surface area contributed by atoms with E-state index in [0.29, 0.717) is 56.3 Å². The first kappa shape index (κ1) is 27.7. The van der Waals surface area contributed by atoms with E-state index in [1.807, 2.05) is 67.6 Å². The normalized spacial score (nSPS) is 12.5. The summed E-state index contributed by atoms with van der Waals surface area (Å²) in [7, 11) is 0. The van der Waals surface area contributed by atoms with Crippen LogP contribution in [0.3, 0.4) is 0 Å². The molecule has 3 aromatic carbocycles. The van der Waals surface area contributed by atoms with Crippen LogP contribution in [0.25, 0.3) is 0 Å². The zero-order valence-corrected chi connectivity index (χ0v) is 24.1. The van der Waals surface area contributed by atoms with Gasteiger partial charge in [-0.05, 0) is 65.7 Å². The third-order valence-corrected chi connectivity index (χ3v) is 7.27. The van der Waals surface area contributed by atoms with E-state index in [2.05, 4.69) is 42.9 Å². The molecule has 0 unspecified atom stereocenters. The molecule has 2 amide bonds. The lowest BCUT2D eigenvalue weighted by Gasteiger charge is -2.16. The molecule has 2 N–H and O–H groups in total. The Kier molecular flexibility index (Phi) is 8.17. The van der Waals surface area contributed by atoms with Crippen LogP contribution in [0.1, 0.15) is 51.6 Å². The lowest BCUT2D eigenvalue weighted by molar-refractivity contribution is 0.0652. The summed E-state index contributed by atoms with van der Waals surface area (Å²) in [6.07, 6.45) is 1.60. The van der Waals surface area contributed by atoms with E-state index in [0.717, 1.165) is 24.2 Å². The fraction of sp³-hybridized carbons (Fsp3) is 0.161. The molecule has 4 aromatic rings. The average molecular weight is 608 g/mol. The van der Waals surface area contributed by atoms with Crippen molar-refractivity contribution in [1.82, 2.24) is 9.88 Å². The van der Waals surface area contributed by atoms with Crippen LogP contribution in [0.2, 0.25) is 0 Å². The molecular weight excluding hydrogens is 582 g/mol. The number of nitrogens with one attached hydrogen (secondary N) is 2. The maximum absolute atomic E-state index is 13.0. The van der Waals surface area contributed by atoms with Gasteiger partial charge in [-0.25, -0.2) is 4.98 Å². The second kappa shape index (κ2) is 12.1. The molecule has 0 saturated carbocycles. The minimum Gasteiger partial charge on any atom is -0.339 e. The number of hydrogen-bond donors (Lipinski definition) is 2. The van der Waals surface area contributed by atoms with Crippen LogP contribution in [0, 0.1) is 18.3 Å². The first-order valence-electron chi connectivity index (χ1n) is 13.1. The van der Waals surface area contributed by atoms with E-state index >= 15 is 0 Å². The lowest BCUT2D eigenvalue weighted by atomic mass is 10.1. The molecule has 0 aliphatic carbocycles. The van der Waals surface area contributed by atoms with Gasteiger partial charge in [0.15, 0.2) is 11.6 Å². The summed E-state index contributed by atoms with van der Waals surface area (Å²) < 4.78 is 0.518. The quantitative estimate of drug-likeness (QED) is 0.146. The summed E-state index contributed by atoms with van der Waals surface area (Å²) in [4.78, 5) is 31.8. The molecule has 41 heavy (non-hydrogen) atoms. The number of carbonyl (C=O) groups is 2. The van der Waals surface area contributed by atoms with Crippen LogP contribution in [0.15, 0.2) is 87.5 Å². The highest BCUT2D eigenvalue weighted by Crippen LogP contribution is 2.39. The first-order valence-corrected chi connectivity index (χ1v) is 13.9. The van der Waals surface area contributed by atoms with E-state index < -0.39 is 0 Å². The molecule has 204 valence electrons. The van der Waals surface area contributed by atoms with Crippen LogP contribution in [-0.2, 0) is 0 Å². The highest BCUT2D eigenvalue weighted by Gasteiger charge is 2.36. The zero-order valence-electron chi connectivity index (χ0n) is 22.5. The third kappa shape index (κ3) is 5.71. The van der Waals surface area contributed by atoms with Gasteiger partial charge in [0.1, 0.15) is 17.4 Å². The van der Waals surface area contributed by atoms with Crippen LogP contribution >= 0.6 is 15.9 Å². The predicted octanol–water partition coefficient (Wildman–Crippen LogP) is 8.32. The zero-order chi connectivity index (χ0) is 28.9. The van der Waals surface area contributed by atoms with Crippen molar-refractivity contribution in [3.63, 3.8) is 0 Å². The fourth-order valence-electron chi connectivity index (χ4n) is 4.45. The van der Waals surface area contributed by atoms with Crippen molar-refractivity contribution in [2.75, 3.05) is 17.2 Å². The Morgan fingerprint density at radius 3 is 2.07 bits per heavy atom. The maximum atomic E-state index is 13.0. The van der Waals surface area contributed by atoms with Crippen molar-refractivity contribution in [1.29, 1.82) is 5.26 Å². The number of benzene rings is 3. The van der Waals surface area contributed by atoms with Crippen molar-refractivity contribution in [3.8, 4) is 6.07 Å². The topological polar surface area (TPSA) is 123 Å². The highest BCUT2D eigenvalue weighted by molar-refractivity contribution is 9.10. The summed E-state index contributed by atoms with van der Waals surface area (Å²) >= 11 is 3.48. The molecule has 2 heterocycles. The van der Waals surface area contributed by atoms with E-state index in [9.17, 15) is 14.9 Å². The van der Waals surface area contributed by atoms with Gasteiger partial charge < -0.3 is 10.6 Å². The van der Waals surface area contributed by atoms with Crippen molar-refractivity contribution in [2.24, 2.45) is 10.2 Å². The second-order valence-electron chi connectivity index (χ2n) is 9.42. The van der Waals surface area contributed by atoms with Gasteiger partial charge in [-0.2, -0.15) is 5.26 Å². The van der Waals surface area contributed by atoms with Crippen LogP contribution < -0.4 is 10.6 Å². The number of unbranched alkanes of at least 4 members (excludes halogenated alkanes) is 1. The Morgan fingerprint density at radius 2 is 1.49 bits per heavy atom. The number of hydrogen-bond acceptors (Lipinski definition) is 8. The standard InChI is InChI=1S/C31H26BrN7O2/c1-3-4-15-39-30(40)22-16-25(32)26(17-23(22)31(39)41)37-38-27-19(2)24(18-33)28(34-20-11-7-5-8-12-20)36-29(27)35-21-13-9-6-10-14-21/h5-14,16-17H,3-4,15H2,1-2H3,(H2,34,35,36)/b38-37+. The minimum absolute atomic E-state index is 0.292. The minimum atomic E-state index is -0.338. The SMILES string of the molecule is CCCCN1C(=O)c2cc(Br)c(/N=N/c3c(Nc4ccccc4)nc(Nc4ccccc4)c(C#N)c3C)cc2C1=O. The molecule has 9 nitrogen and oxygen atoms in total. The summed E-state index contributed by atoms with van der Waals surface area (Å²) in [6, 6.07) is 24.4. The number of anilines is 4. The van der Waals surface area contributed by atoms with Gasteiger partial charge in [0.2, 0.25) is 0 Å². The summed E-state index contributed by atoms with van der Waals surface area (Å²) in [5.74, 6) is 0.125. The molecule has 0 fully saturated rings. The van der Waals surface area contributed by atoms with Gasteiger partial charge in [-0.3, -0.25) is 14.5 Å². The van der Waals surface area contributed by atoms with Crippen molar-refractivity contribution in [3.05, 3.63) is 99.5 Å². The molecule has 10 heteroatoms. The van der Waals surface area contributed by atoms with Gasteiger partial charge in [0, 0.05) is 28.0 Å². The Bertz CT molecular complexity index is 1700. The van der Waals surface area contributed by atoms with E-state index in [1.165, 1.54) is 4.90 Å². The van der Waals surface area contributed by atoms with Crippen LogP contribution in [0.5, 0.6) is 0 Å². The predicted molar refractivity (Wildman–Crippen MR) is 162 cm³/mol. The van der Waals surface area contributed by atoms with Crippen molar-refractivity contribution >= 4 is 62.1 Å². The summed E-state index contributed by atoms with van der Waals surface area (Å²) in [5.41, 5.74) is 3.82. The molecule has 0 saturated heterocycles. The summed E-state index contributed by atoms with van der Waals surface area (Å²) in [6.45, 7) is 4.16. The number of aromatic nitrogens is 1. The molecule has 1 aliphatic rings. The lowest BCUT2D eigenvalue weighted by Crippen LogP contribution is -2.30. The maximum Gasteiger partial charge on any atom is 0.261 e. The van der Waals surface area contributed by atoms with Gasteiger partial charge in [0.25, 0.3) is 11.8 Å². The van der Waals surface area contributed by atoms with Crippen molar-refractivity contribution in [2.45, 2.75) is 26.7 Å². The molecule has 0 spiro atoms. The fourth-order valence-corrected chi connectivity index (χ4v) is 4.87. The Morgan fingerprint density at radius 1 is 0.902 bits per heavy atom. The number of imide groups is 1. The number of halogens is 1. The van der Waals surface area contributed by atoms with Gasteiger partial charge in [-0.1, -0.05) is 49.7 Å². The molecule has 0 atom stereocenters. The highest BCUT2D eigenvalue weighted by atomic mass is 79.9. The number of rotatable bonds is 9. The smallest absolute Gasteiger partial charge is 0.261 e. The number of fused-ring (bicyclic) bond motifs is 1. The monoisotopic (exact) mass is 607 g/mol.